The van der Waals surface area contributed by atoms with Crippen LogP contribution >= 0.6 is 0 Å². The summed E-state index contributed by atoms with van der Waals surface area (Å²) in [5.74, 6) is 0.355. The maximum absolute atomic E-state index is 11.3. The zero-order valence-corrected chi connectivity index (χ0v) is 9.24. The van der Waals surface area contributed by atoms with Gasteiger partial charge in [-0.1, -0.05) is 26.0 Å². The van der Waals surface area contributed by atoms with Gasteiger partial charge in [0.25, 0.3) is 0 Å². The van der Waals surface area contributed by atoms with Crippen molar-refractivity contribution >= 4 is 0 Å². The number of phenols is 1. The zero-order chi connectivity index (χ0) is 11.7. The molecule has 4 heteroatoms. The molecule has 0 radical (unpaired) electrons. The largest absolute Gasteiger partial charge is 0.507 e. The number of nitrogens with one attached hydrogen (secondary N) is 2. The molecule has 0 atom stereocenters. The van der Waals surface area contributed by atoms with Crippen LogP contribution in [0.25, 0.3) is 11.3 Å². The summed E-state index contributed by atoms with van der Waals surface area (Å²) in [6.07, 6.45) is 0. The Hall–Kier alpha value is -1.97. The summed E-state index contributed by atoms with van der Waals surface area (Å²) < 4.78 is 0. The van der Waals surface area contributed by atoms with Crippen molar-refractivity contribution < 1.29 is 5.11 Å². The van der Waals surface area contributed by atoms with Crippen molar-refractivity contribution in [2.75, 3.05) is 0 Å². The number of para-hydroxylation sites is 1. The van der Waals surface area contributed by atoms with E-state index in [1.165, 1.54) is 0 Å². The van der Waals surface area contributed by atoms with Crippen LogP contribution < -0.4 is 5.69 Å². The average Bonchev–Trinajstić information content (AvgIpc) is 2.61. The first kappa shape index (κ1) is 10.5. The minimum atomic E-state index is -0.248. The van der Waals surface area contributed by atoms with E-state index in [1.807, 2.05) is 19.9 Å². The number of imidazole rings is 1. The fourth-order valence-corrected chi connectivity index (χ4v) is 1.73. The van der Waals surface area contributed by atoms with E-state index >= 15 is 0 Å². The highest BCUT2D eigenvalue weighted by molar-refractivity contribution is 5.68. The second kappa shape index (κ2) is 3.89. The van der Waals surface area contributed by atoms with Crippen molar-refractivity contribution in [3.63, 3.8) is 0 Å². The summed E-state index contributed by atoms with van der Waals surface area (Å²) in [6.45, 7) is 3.98. The molecule has 16 heavy (non-hydrogen) atoms. The lowest BCUT2D eigenvalue weighted by molar-refractivity contribution is 0.477. The third-order valence-corrected chi connectivity index (χ3v) is 2.51. The average molecular weight is 218 g/mol. The fourth-order valence-electron chi connectivity index (χ4n) is 1.73. The monoisotopic (exact) mass is 218 g/mol. The van der Waals surface area contributed by atoms with Crippen LogP contribution in [0.15, 0.2) is 29.1 Å². The molecule has 1 aromatic carbocycles. The Morgan fingerprint density at radius 3 is 2.50 bits per heavy atom. The molecule has 0 saturated carbocycles. The van der Waals surface area contributed by atoms with Gasteiger partial charge in [0.1, 0.15) is 5.75 Å². The number of aromatic hydroxyl groups is 1. The normalized spacial score (nSPS) is 10.9. The molecule has 0 aliphatic carbocycles. The first-order chi connectivity index (χ1) is 7.59. The Bertz CT molecular complexity index is 552. The molecule has 4 nitrogen and oxygen atoms in total. The zero-order valence-electron chi connectivity index (χ0n) is 9.24. The molecule has 3 N–H and O–H groups in total. The number of hydrogen-bond donors (Lipinski definition) is 3. The van der Waals surface area contributed by atoms with Crippen LogP contribution in [0.2, 0.25) is 0 Å². The SMILES string of the molecule is CC(C)c1[nH]c(=O)[nH]c1-c1ccccc1O. The van der Waals surface area contributed by atoms with Crippen molar-refractivity contribution in [1.29, 1.82) is 0 Å². The van der Waals surface area contributed by atoms with Crippen LogP contribution in [-0.4, -0.2) is 15.1 Å². The highest BCUT2D eigenvalue weighted by Gasteiger charge is 2.14. The quantitative estimate of drug-likeness (QED) is 0.723. The molecule has 0 spiro atoms. The molecule has 84 valence electrons. The number of phenolic OH excluding ortho intramolecular Hbond substituents is 1. The highest BCUT2D eigenvalue weighted by Crippen LogP contribution is 2.31. The predicted molar refractivity (Wildman–Crippen MR) is 62.6 cm³/mol. The van der Waals surface area contributed by atoms with Gasteiger partial charge in [-0.25, -0.2) is 4.79 Å². The summed E-state index contributed by atoms with van der Waals surface area (Å²) in [4.78, 5) is 16.8. The third-order valence-electron chi connectivity index (χ3n) is 2.51. The van der Waals surface area contributed by atoms with Gasteiger partial charge in [-0.15, -0.1) is 0 Å². The van der Waals surface area contributed by atoms with Gasteiger partial charge in [-0.05, 0) is 18.1 Å². The minimum Gasteiger partial charge on any atom is -0.507 e. The van der Waals surface area contributed by atoms with Gasteiger partial charge in [0.05, 0.1) is 5.69 Å². The van der Waals surface area contributed by atoms with Crippen molar-refractivity contribution in [3.05, 3.63) is 40.4 Å². The molecule has 0 aliphatic rings. The topological polar surface area (TPSA) is 68.9 Å². The van der Waals surface area contributed by atoms with E-state index in [-0.39, 0.29) is 17.4 Å². The predicted octanol–water partition coefficient (Wildman–Crippen LogP) is 2.20. The maximum atomic E-state index is 11.3. The molecule has 0 unspecified atom stereocenters. The van der Waals surface area contributed by atoms with Gasteiger partial charge in [0, 0.05) is 11.3 Å². The number of benzene rings is 1. The smallest absolute Gasteiger partial charge is 0.323 e. The Kier molecular flexibility index (Phi) is 2.56. The summed E-state index contributed by atoms with van der Waals surface area (Å²) in [6, 6.07) is 6.95. The molecule has 1 heterocycles. The summed E-state index contributed by atoms with van der Waals surface area (Å²) in [7, 11) is 0. The van der Waals surface area contributed by atoms with E-state index < -0.39 is 0 Å². The van der Waals surface area contributed by atoms with Crippen molar-refractivity contribution in [2.45, 2.75) is 19.8 Å². The van der Waals surface area contributed by atoms with Crippen LogP contribution in [0.5, 0.6) is 5.75 Å². The lowest BCUT2D eigenvalue weighted by atomic mass is 10.0. The van der Waals surface area contributed by atoms with Crippen LogP contribution in [0.1, 0.15) is 25.5 Å². The second-order valence-electron chi connectivity index (χ2n) is 4.04. The molecule has 2 aromatic rings. The van der Waals surface area contributed by atoms with E-state index in [2.05, 4.69) is 9.97 Å². The molecule has 0 aliphatic heterocycles. The van der Waals surface area contributed by atoms with Gasteiger partial charge in [-0.2, -0.15) is 0 Å². The maximum Gasteiger partial charge on any atom is 0.323 e. The van der Waals surface area contributed by atoms with E-state index in [1.54, 1.807) is 18.2 Å². The Morgan fingerprint density at radius 2 is 1.88 bits per heavy atom. The lowest BCUT2D eigenvalue weighted by Crippen LogP contribution is -2.01. The minimum absolute atomic E-state index is 0.166. The molecular formula is C12H14N2O2. The lowest BCUT2D eigenvalue weighted by Gasteiger charge is -2.07. The van der Waals surface area contributed by atoms with Gasteiger partial charge in [-0.3, -0.25) is 0 Å². The Labute approximate surface area is 93.0 Å². The number of hydrogen-bond acceptors (Lipinski definition) is 2. The molecule has 0 fully saturated rings. The van der Waals surface area contributed by atoms with Crippen LogP contribution in [0.3, 0.4) is 0 Å². The number of aromatic amines is 2. The van der Waals surface area contributed by atoms with E-state index in [9.17, 15) is 9.90 Å². The van der Waals surface area contributed by atoms with E-state index in [0.717, 1.165) is 5.69 Å². The summed E-state index contributed by atoms with van der Waals surface area (Å²) >= 11 is 0. The number of H-pyrrole nitrogens is 2. The number of rotatable bonds is 2. The standard InChI is InChI=1S/C12H14N2O2/c1-7(2)10-11(14-12(16)13-10)8-5-3-4-6-9(8)15/h3-7,15H,1-2H3,(H2,13,14,16). The van der Waals surface area contributed by atoms with Crippen molar-refractivity contribution in [3.8, 4) is 17.0 Å². The van der Waals surface area contributed by atoms with Crippen molar-refractivity contribution in [1.82, 2.24) is 9.97 Å². The van der Waals surface area contributed by atoms with Crippen LogP contribution in [-0.2, 0) is 0 Å². The summed E-state index contributed by atoms with van der Waals surface area (Å²) in [5, 5.41) is 9.74. The second-order valence-corrected chi connectivity index (χ2v) is 4.04. The fraction of sp³-hybridized carbons (Fsp3) is 0.250. The molecule has 0 saturated heterocycles. The first-order valence-corrected chi connectivity index (χ1v) is 5.20. The highest BCUT2D eigenvalue weighted by atomic mass is 16.3. The van der Waals surface area contributed by atoms with Gasteiger partial charge < -0.3 is 15.1 Å². The first-order valence-electron chi connectivity index (χ1n) is 5.20. The Balaban J connectivity index is 2.64. The van der Waals surface area contributed by atoms with Crippen LogP contribution in [0.4, 0.5) is 0 Å². The van der Waals surface area contributed by atoms with E-state index in [0.29, 0.717) is 11.3 Å². The van der Waals surface area contributed by atoms with Crippen LogP contribution in [0, 0.1) is 0 Å². The van der Waals surface area contributed by atoms with Gasteiger partial charge >= 0.3 is 5.69 Å². The summed E-state index contributed by atoms with van der Waals surface area (Å²) in [5.41, 5.74) is 1.87. The third kappa shape index (κ3) is 1.74. The van der Waals surface area contributed by atoms with Crippen molar-refractivity contribution in [2.24, 2.45) is 0 Å². The molecule has 0 bridgehead atoms. The molecule has 2 rings (SSSR count). The van der Waals surface area contributed by atoms with Gasteiger partial charge in [0.15, 0.2) is 0 Å². The van der Waals surface area contributed by atoms with Gasteiger partial charge in [0.2, 0.25) is 0 Å². The molecule has 0 amide bonds. The Morgan fingerprint density at radius 1 is 1.19 bits per heavy atom. The van der Waals surface area contributed by atoms with E-state index in [4.69, 9.17) is 0 Å². The number of aromatic nitrogens is 2. The molecule has 1 aromatic heterocycles. The molecular weight excluding hydrogens is 204 g/mol.